The van der Waals surface area contributed by atoms with E-state index < -0.39 is 0 Å². The maximum Gasteiger partial charge on any atom is 0.227 e. The van der Waals surface area contributed by atoms with Crippen molar-refractivity contribution < 1.29 is 8.83 Å². The molecule has 0 aliphatic carbocycles. The molecule has 0 unspecified atom stereocenters. The van der Waals surface area contributed by atoms with Gasteiger partial charge in [-0.2, -0.15) is 0 Å². The number of benzene rings is 6. The van der Waals surface area contributed by atoms with Gasteiger partial charge in [0.1, 0.15) is 11.2 Å². The van der Waals surface area contributed by atoms with Crippen molar-refractivity contribution in [2.24, 2.45) is 0 Å². The molecule has 5 nitrogen and oxygen atoms in total. The van der Waals surface area contributed by atoms with E-state index in [0.29, 0.717) is 5.71 Å². The molecule has 5 heteroatoms. The molecular formula is C40H23N3O2. The van der Waals surface area contributed by atoms with E-state index in [4.69, 9.17) is 13.8 Å². The zero-order chi connectivity index (χ0) is 29.5. The summed E-state index contributed by atoms with van der Waals surface area (Å²) >= 11 is 0. The molecule has 45 heavy (non-hydrogen) atoms. The molecule has 6 aromatic carbocycles. The zero-order valence-electron chi connectivity index (χ0n) is 23.9. The van der Waals surface area contributed by atoms with E-state index in [-0.39, 0.29) is 0 Å². The van der Waals surface area contributed by atoms with E-state index >= 15 is 0 Å². The number of anilines is 3. The Labute approximate surface area is 256 Å². The predicted octanol–water partition coefficient (Wildman–Crippen LogP) is 11.2. The summed E-state index contributed by atoms with van der Waals surface area (Å²) in [7, 11) is 0. The maximum absolute atomic E-state index is 6.55. The first-order chi connectivity index (χ1) is 22.3. The van der Waals surface area contributed by atoms with Gasteiger partial charge in [-0.15, -0.1) is 0 Å². The fraction of sp³-hybridized carbons (Fsp3) is 0. The van der Waals surface area contributed by atoms with Crippen LogP contribution in [0.2, 0.25) is 0 Å². The molecule has 0 aliphatic rings. The minimum absolute atomic E-state index is 0.615. The van der Waals surface area contributed by atoms with Crippen molar-refractivity contribution in [2.45, 2.75) is 0 Å². The van der Waals surface area contributed by atoms with Crippen LogP contribution < -0.4 is 4.90 Å². The van der Waals surface area contributed by atoms with Crippen molar-refractivity contribution in [1.82, 2.24) is 9.97 Å². The van der Waals surface area contributed by atoms with E-state index in [1.54, 1.807) is 6.20 Å². The van der Waals surface area contributed by atoms with Gasteiger partial charge in [0.25, 0.3) is 0 Å². The van der Waals surface area contributed by atoms with Crippen molar-refractivity contribution in [1.29, 1.82) is 0 Å². The summed E-state index contributed by atoms with van der Waals surface area (Å²) in [5.74, 6) is 0. The second kappa shape index (κ2) is 9.15. The predicted molar refractivity (Wildman–Crippen MR) is 184 cm³/mol. The van der Waals surface area contributed by atoms with Gasteiger partial charge >= 0.3 is 0 Å². The van der Waals surface area contributed by atoms with Gasteiger partial charge in [0, 0.05) is 34.2 Å². The lowest BCUT2D eigenvalue weighted by molar-refractivity contribution is 0.654. The van der Waals surface area contributed by atoms with Gasteiger partial charge in [0.2, 0.25) is 5.71 Å². The smallest absolute Gasteiger partial charge is 0.227 e. The largest absolute Gasteiger partial charge is 0.454 e. The van der Waals surface area contributed by atoms with Crippen LogP contribution in [0.25, 0.3) is 76.3 Å². The molecule has 0 radical (unpaired) electrons. The van der Waals surface area contributed by atoms with Crippen LogP contribution >= 0.6 is 0 Å². The van der Waals surface area contributed by atoms with Crippen LogP contribution in [0, 0.1) is 0 Å². The Hall–Kier alpha value is -6.20. The Morgan fingerprint density at radius 1 is 0.444 bits per heavy atom. The van der Waals surface area contributed by atoms with Crippen molar-refractivity contribution in [3.05, 3.63) is 140 Å². The number of pyridine rings is 2. The van der Waals surface area contributed by atoms with Gasteiger partial charge in [-0.25, -0.2) is 4.98 Å². The molecule has 0 amide bonds. The highest BCUT2D eigenvalue weighted by Crippen LogP contribution is 2.45. The third-order valence-corrected chi connectivity index (χ3v) is 8.98. The standard InChI is InChI=1S/C40H23N3O2/c1-2-10-28-26(8-1)27-9-3-4-11-29(27)33-20-24(16-17-30(28)33)43(25-21-34-31-12-5-6-15-37(31)45-40(34)42-22-25)36-14-7-13-32-35-23-41-19-18-38(35)44-39(32)36/h1-23H. The molecule has 4 aromatic heterocycles. The van der Waals surface area contributed by atoms with Crippen molar-refractivity contribution in [3.63, 3.8) is 0 Å². The zero-order valence-corrected chi connectivity index (χ0v) is 23.9. The number of rotatable bonds is 3. The van der Waals surface area contributed by atoms with Crippen molar-refractivity contribution in [2.75, 3.05) is 4.90 Å². The number of fused-ring (bicyclic) bond motifs is 12. The fourth-order valence-corrected chi connectivity index (χ4v) is 6.99. The molecule has 0 atom stereocenters. The number of nitrogens with zero attached hydrogens (tertiary/aromatic N) is 3. The van der Waals surface area contributed by atoms with Gasteiger partial charge in [-0.05, 0) is 68.7 Å². The summed E-state index contributed by atoms with van der Waals surface area (Å²) in [6.07, 6.45) is 5.52. The molecule has 4 heterocycles. The Morgan fingerprint density at radius 3 is 1.89 bits per heavy atom. The molecule has 210 valence electrons. The second-order valence-corrected chi connectivity index (χ2v) is 11.4. The topological polar surface area (TPSA) is 55.3 Å². The summed E-state index contributed by atoms with van der Waals surface area (Å²) in [5, 5.41) is 11.4. The lowest BCUT2D eigenvalue weighted by atomic mass is 9.94. The van der Waals surface area contributed by atoms with Crippen molar-refractivity contribution in [3.8, 4) is 0 Å². The van der Waals surface area contributed by atoms with Crippen molar-refractivity contribution >= 4 is 93.4 Å². The van der Waals surface area contributed by atoms with Crippen LogP contribution in [0.3, 0.4) is 0 Å². The Kier molecular flexibility index (Phi) is 4.93. The van der Waals surface area contributed by atoms with Crippen LogP contribution in [-0.2, 0) is 0 Å². The summed E-state index contributed by atoms with van der Waals surface area (Å²) in [6, 6.07) is 42.5. The summed E-state index contributed by atoms with van der Waals surface area (Å²) in [5.41, 5.74) is 5.86. The average Bonchev–Trinajstić information content (AvgIpc) is 3.67. The SMILES string of the molecule is c1ccc2c(c1)oc1ncc(N(c3ccc4c5ccccc5c5ccccc5c4c3)c3cccc4c3oc3ccncc34)cc12. The molecule has 0 spiro atoms. The maximum atomic E-state index is 6.55. The molecule has 0 saturated heterocycles. The molecule has 0 N–H and O–H groups in total. The summed E-state index contributed by atoms with van der Waals surface area (Å²) in [4.78, 5) is 11.4. The lowest BCUT2D eigenvalue weighted by Gasteiger charge is -2.26. The first kappa shape index (κ1) is 24.3. The summed E-state index contributed by atoms with van der Waals surface area (Å²) < 4.78 is 12.6. The van der Waals surface area contributed by atoms with E-state index in [1.807, 2.05) is 36.7 Å². The van der Waals surface area contributed by atoms with E-state index in [1.165, 1.54) is 32.3 Å². The Bertz CT molecular complexity index is 2760. The number of hydrogen-bond acceptors (Lipinski definition) is 5. The molecule has 0 bridgehead atoms. The first-order valence-electron chi connectivity index (χ1n) is 15.0. The third-order valence-electron chi connectivity index (χ3n) is 8.98. The average molecular weight is 578 g/mol. The number of aromatic nitrogens is 2. The monoisotopic (exact) mass is 577 g/mol. The molecule has 0 fully saturated rings. The molecule has 10 rings (SSSR count). The van der Waals surface area contributed by atoms with Gasteiger partial charge in [0.15, 0.2) is 5.58 Å². The first-order valence-corrected chi connectivity index (χ1v) is 15.0. The van der Waals surface area contributed by atoms with E-state index in [2.05, 4.69) is 107 Å². The highest BCUT2D eigenvalue weighted by atomic mass is 16.3. The van der Waals surface area contributed by atoms with E-state index in [0.717, 1.165) is 55.4 Å². The van der Waals surface area contributed by atoms with Crippen LogP contribution in [-0.4, -0.2) is 9.97 Å². The second-order valence-electron chi connectivity index (χ2n) is 11.4. The van der Waals surface area contributed by atoms with Gasteiger partial charge < -0.3 is 13.7 Å². The Balaban J connectivity index is 1.30. The van der Waals surface area contributed by atoms with E-state index in [9.17, 15) is 0 Å². The van der Waals surface area contributed by atoms with Crippen LogP contribution in [0.5, 0.6) is 0 Å². The van der Waals surface area contributed by atoms with Gasteiger partial charge in [-0.1, -0.05) is 84.9 Å². The van der Waals surface area contributed by atoms with Gasteiger partial charge in [-0.3, -0.25) is 4.98 Å². The van der Waals surface area contributed by atoms with Crippen LogP contribution in [0.1, 0.15) is 0 Å². The minimum atomic E-state index is 0.615. The normalized spacial score (nSPS) is 12.0. The summed E-state index contributed by atoms with van der Waals surface area (Å²) in [6.45, 7) is 0. The number of para-hydroxylation sites is 2. The molecular weight excluding hydrogens is 554 g/mol. The highest BCUT2D eigenvalue weighted by molar-refractivity contribution is 6.26. The minimum Gasteiger partial charge on any atom is -0.454 e. The lowest BCUT2D eigenvalue weighted by Crippen LogP contribution is -2.10. The Morgan fingerprint density at radius 2 is 1.09 bits per heavy atom. The number of hydrogen-bond donors (Lipinski definition) is 0. The van der Waals surface area contributed by atoms with Gasteiger partial charge in [0.05, 0.1) is 23.0 Å². The quantitative estimate of drug-likeness (QED) is 0.196. The van der Waals surface area contributed by atoms with Crippen LogP contribution in [0.15, 0.2) is 149 Å². The number of furan rings is 2. The molecule has 0 aliphatic heterocycles. The third kappa shape index (κ3) is 3.49. The molecule has 0 saturated carbocycles. The van der Waals surface area contributed by atoms with Crippen LogP contribution in [0.4, 0.5) is 17.1 Å². The molecule has 10 aromatic rings. The highest BCUT2D eigenvalue weighted by Gasteiger charge is 2.22. The fourth-order valence-electron chi connectivity index (χ4n) is 6.99.